The molecule has 1 fully saturated rings. The molecule has 0 bridgehead atoms. The van der Waals surface area contributed by atoms with Crippen LogP contribution in [0.1, 0.15) is 31.2 Å². The van der Waals surface area contributed by atoms with Crippen LogP contribution in [0.15, 0.2) is 24.5 Å². The van der Waals surface area contributed by atoms with Crippen molar-refractivity contribution < 1.29 is 9.18 Å². The molecule has 3 N–H and O–H groups in total. The Labute approximate surface area is 175 Å². The van der Waals surface area contributed by atoms with E-state index in [0.29, 0.717) is 31.1 Å². The highest BCUT2D eigenvalue weighted by molar-refractivity contribution is 5.77. The van der Waals surface area contributed by atoms with Gasteiger partial charge in [0, 0.05) is 44.0 Å². The second-order valence-corrected chi connectivity index (χ2v) is 6.90. The van der Waals surface area contributed by atoms with E-state index in [0.717, 1.165) is 43.7 Å². The zero-order chi connectivity index (χ0) is 21.2. The van der Waals surface area contributed by atoms with Gasteiger partial charge in [-0.25, -0.2) is 9.97 Å². The van der Waals surface area contributed by atoms with Crippen molar-refractivity contribution in [1.29, 1.82) is 0 Å². The maximum atomic E-state index is 13.3. The Hall–Kier alpha value is -3.25. The number of hydrogen-bond donors (Lipinski definition) is 3. The van der Waals surface area contributed by atoms with E-state index in [2.05, 4.69) is 47.6 Å². The Morgan fingerprint density at radius 1 is 1.30 bits per heavy atom. The number of pyridine rings is 1. The van der Waals surface area contributed by atoms with Gasteiger partial charge in [-0.3, -0.25) is 4.79 Å². The van der Waals surface area contributed by atoms with Gasteiger partial charge in [0.05, 0.1) is 18.3 Å². The van der Waals surface area contributed by atoms with Crippen LogP contribution < -0.4 is 20.9 Å². The van der Waals surface area contributed by atoms with Crippen LogP contribution in [0.5, 0.6) is 0 Å². The molecule has 1 aliphatic rings. The number of aromatic nitrogens is 3. The number of nitrogens with one attached hydrogen (secondary N) is 3. The molecule has 2 aromatic heterocycles. The van der Waals surface area contributed by atoms with E-state index >= 15 is 0 Å². The van der Waals surface area contributed by atoms with E-state index in [1.165, 1.54) is 12.3 Å². The number of rotatable bonds is 8. The second kappa shape index (κ2) is 11.1. The summed E-state index contributed by atoms with van der Waals surface area (Å²) in [5.74, 6) is 6.90. The average molecular weight is 411 g/mol. The topological polar surface area (TPSA) is 95.1 Å². The Morgan fingerprint density at radius 3 is 2.90 bits per heavy atom. The molecule has 1 amide bonds. The van der Waals surface area contributed by atoms with Crippen LogP contribution >= 0.6 is 0 Å². The van der Waals surface area contributed by atoms with Gasteiger partial charge in [-0.05, 0) is 32.4 Å². The van der Waals surface area contributed by atoms with Gasteiger partial charge >= 0.3 is 0 Å². The van der Waals surface area contributed by atoms with Crippen molar-refractivity contribution in [1.82, 2.24) is 25.6 Å². The fourth-order valence-electron chi connectivity index (χ4n) is 3.09. The third-order valence-corrected chi connectivity index (χ3v) is 4.52. The van der Waals surface area contributed by atoms with E-state index in [1.54, 1.807) is 19.3 Å². The maximum Gasteiger partial charge on any atom is 0.233 e. The van der Waals surface area contributed by atoms with Crippen LogP contribution in [0.2, 0.25) is 0 Å². The Morgan fingerprint density at radius 2 is 2.13 bits per heavy atom. The van der Waals surface area contributed by atoms with Gasteiger partial charge in [0.2, 0.25) is 17.8 Å². The molecule has 0 radical (unpaired) electrons. The number of carbonyl (C=O) groups excluding carboxylic acids is 1. The normalized spacial score (nSPS) is 12.9. The third kappa shape index (κ3) is 6.39. The fraction of sp³-hybridized carbons (Fsp3) is 0.429. The third-order valence-electron chi connectivity index (χ3n) is 4.52. The summed E-state index contributed by atoms with van der Waals surface area (Å²) in [5, 5.41) is 8.66. The van der Waals surface area contributed by atoms with E-state index < -0.39 is 5.95 Å². The lowest BCUT2D eigenvalue weighted by atomic mass is 10.2. The Bertz CT molecular complexity index is 919. The highest BCUT2D eigenvalue weighted by atomic mass is 19.1. The van der Waals surface area contributed by atoms with Crippen molar-refractivity contribution in [3.63, 3.8) is 0 Å². The summed E-state index contributed by atoms with van der Waals surface area (Å²) in [4.78, 5) is 26.1. The van der Waals surface area contributed by atoms with Crippen LogP contribution in [-0.4, -0.2) is 54.1 Å². The number of hydrogen-bond acceptors (Lipinski definition) is 7. The molecule has 0 saturated carbocycles. The molecule has 2 aromatic rings. The standard InChI is InChI=1S/C21H26FN7O/c1-23-15-19(30)25-9-4-2-3-7-16-14-26-21(27-17-8-10-24-18(22)13-17)28-20(16)29-11-5-6-12-29/h8,10,13-14,23H,2,4-6,9,11-12,15H2,1H3,(H,25,30)(H,24,26,27,28). The SMILES string of the molecule is CNCC(=O)NCCCC#Cc1cnc(Nc2ccnc(F)c2)nc1N1CCCC1. The minimum Gasteiger partial charge on any atom is -0.355 e. The average Bonchev–Trinajstić information content (AvgIpc) is 3.26. The quantitative estimate of drug-likeness (QED) is 0.346. The number of halogens is 1. The van der Waals surface area contributed by atoms with E-state index in [9.17, 15) is 9.18 Å². The smallest absolute Gasteiger partial charge is 0.233 e. The predicted molar refractivity (Wildman–Crippen MR) is 114 cm³/mol. The van der Waals surface area contributed by atoms with Crippen LogP contribution in [-0.2, 0) is 4.79 Å². The summed E-state index contributed by atoms with van der Waals surface area (Å²) in [5.41, 5.74) is 1.30. The molecule has 158 valence electrons. The van der Waals surface area contributed by atoms with Gasteiger partial charge in [-0.1, -0.05) is 11.8 Å². The van der Waals surface area contributed by atoms with E-state index in [-0.39, 0.29) is 5.91 Å². The number of nitrogens with zero attached hydrogens (tertiary/aromatic N) is 4. The maximum absolute atomic E-state index is 13.3. The summed E-state index contributed by atoms with van der Waals surface area (Å²) in [6.45, 7) is 2.75. The fourth-order valence-corrected chi connectivity index (χ4v) is 3.09. The van der Waals surface area contributed by atoms with Crippen LogP contribution in [0.3, 0.4) is 0 Å². The number of anilines is 3. The lowest BCUT2D eigenvalue weighted by molar-refractivity contribution is -0.120. The molecule has 3 rings (SSSR count). The summed E-state index contributed by atoms with van der Waals surface area (Å²) in [6.07, 6.45) is 6.75. The minimum absolute atomic E-state index is 0.0210. The van der Waals surface area contributed by atoms with Gasteiger partial charge in [-0.15, -0.1) is 0 Å². The number of unbranched alkanes of at least 4 members (excludes halogenated alkanes) is 1. The first-order valence-electron chi connectivity index (χ1n) is 10.1. The summed E-state index contributed by atoms with van der Waals surface area (Å²) in [7, 11) is 1.74. The molecule has 1 aliphatic heterocycles. The monoisotopic (exact) mass is 411 g/mol. The largest absolute Gasteiger partial charge is 0.355 e. The highest BCUT2D eigenvalue weighted by Crippen LogP contribution is 2.24. The van der Waals surface area contributed by atoms with E-state index in [1.807, 2.05) is 0 Å². The molecule has 30 heavy (non-hydrogen) atoms. The van der Waals surface area contributed by atoms with Gasteiger partial charge in [0.25, 0.3) is 0 Å². The van der Waals surface area contributed by atoms with Gasteiger partial charge in [-0.2, -0.15) is 9.37 Å². The first-order chi connectivity index (χ1) is 14.7. The van der Waals surface area contributed by atoms with Crippen molar-refractivity contribution in [2.24, 2.45) is 0 Å². The molecular weight excluding hydrogens is 385 g/mol. The second-order valence-electron chi connectivity index (χ2n) is 6.90. The molecule has 3 heterocycles. The molecule has 0 aliphatic carbocycles. The van der Waals surface area contributed by atoms with Gasteiger partial charge in [0.1, 0.15) is 5.82 Å². The molecular formula is C21H26FN7O. The van der Waals surface area contributed by atoms with Crippen LogP contribution in [0, 0.1) is 17.8 Å². The summed E-state index contributed by atoms with van der Waals surface area (Å²) < 4.78 is 13.3. The molecule has 8 nitrogen and oxygen atoms in total. The van der Waals surface area contributed by atoms with Crippen LogP contribution in [0.25, 0.3) is 0 Å². The molecule has 1 saturated heterocycles. The lowest BCUT2D eigenvalue weighted by Crippen LogP contribution is -2.32. The Kier molecular flexibility index (Phi) is 7.92. The van der Waals surface area contributed by atoms with E-state index in [4.69, 9.17) is 0 Å². The Balaban J connectivity index is 1.66. The van der Waals surface area contributed by atoms with Crippen LogP contribution in [0.4, 0.5) is 21.8 Å². The summed E-state index contributed by atoms with van der Waals surface area (Å²) >= 11 is 0. The zero-order valence-corrected chi connectivity index (χ0v) is 17.0. The van der Waals surface area contributed by atoms with Crippen molar-refractivity contribution in [3.05, 3.63) is 36.0 Å². The highest BCUT2D eigenvalue weighted by Gasteiger charge is 2.18. The molecule has 0 aromatic carbocycles. The first kappa shape index (κ1) is 21.5. The van der Waals surface area contributed by atoms with Gasteiger partial charge in [0.15, 0.2) is 0 Å². The van der Waals surface area contributed by atoms with Crippen molar-refractivity contribution in [2.45, 2.75) is 25.7 Å². The minimum atomic E-state index is -0.565. The molecule has 0 unspecified atom stereocenters. The molecule has 9 heteroatoms. The molecule has 0 spiro atoms. The predicted octanol–water partition coefficient (Wildman–Crippen LogP) is 1.82. The molecule has 0 atom stereocenters. The number of carbonyl (C=O) groups is 1. The lowest BCUT2D eigenvalue weighted by Gasteiger charge is -2.18. The first-order valence-corrected chi connectivity index (χ1v) is 10.1. The van der Waals surface area contributed by atoms with Gasteiger partial charge < -0.3 is 20.9 Å². The zero-order valence-electron chi connectivity index (χ0n) is 17.0. The van der Waals surface area contributed by atoms with Crippen molar-refractivity contribution in [2.75, 3.05) is 43.4 Å². The number of likely N-dealkylation sites (N-methyl/N-ethyl adjacent to an activating group) is 1. The summed E-state index contributed by atoms with van der Waals surface area (Å²) in [6, 6.07) is 2.95. The number of amides is 1. The van der Waals surface area contributed by atoms with Crippen molar-refractivity contribution >= 4 is 23.4 Å². The van der Waals surface area contributed by atoms with Crippen molar-refractivity contribution in [3.8, 4) is 11.8 Å².